The van der Waals surface area contributed by atoms with Gasteiger partial charge in [-0.3, -0.25) is 4.90 Å². The molecule has 0 spiro atoms. The maximum Gasteiger partial charge on any atom is 0.107 e. The maximum absolute atomic E-state index is 4.73. The molecule has 2 rings (SSSR count). The number of hydrogen-bond acceptors (Lipinski definition) is 4. The summed E-state index contributed by atoms with van der Waals surface area (Å²) in [6.07, 6.45) is 5.26. The summed E-state index contributed by atoms with van der Waals surface area (Å²) in [6, 6.07) is 0. The fourth-order valence-corrected chi connectivity index (χ4v) is 3.41. The van der Waals surface area contributed by atoms with Crippen molar-refractivity contribution in [2.75, 3.05) is 19.6 Å². The molecule has 0 atom stereocenters. The number of likely N-dealkylation sites (tertiary alicyclic amines) is 1. The number of nitrogens with zero attached hydrogens (tertiary/aromatic N) is 2. The standard InChI is InChI=1S/C15H27N3S/c1-3-7-16-10-15-17-14(12-19-15)11-18-8-5-13(4-2)6-9-18/h12-13,16H,3-11H2,1-2H3. The average molecular weight is 281 g/mol. The first-order valence-electron chi connectivity index (χ1n) is 7.68. The van der Waals surface area contributed by atoms with Crippen molar-refractivity contribution < 1.29 is 0 Å². The van der Waals surface area contributed by atoms with E-state index in [1.54, 1.807) is 11.3 Å². The molecule has 1 aliphatic heterocycles. The summed E-state index contributed by atoms with van der Waals surface area (Å²) in [5.41, 5.74) is 1.26. The van der Waals surface area contributed by atoms with Gasteiger partial charge in [-0.1, -0.05) is 20.3 Å². The Morgan fingerprint density at radius 3 is 2.84 bits per heavy atom. The Balaban J connectivity index is 1.74. The van der Waals surface area contributed by atoms with E-state index in [-0.39, 0.29) is 0 Å². The Morgan fingerprint density at radius 1 is 1.37 bits per heavy atom. The highest BCUT2D eigenvalue weighted by Crippen LogP contribution is 2.21. The summed E-state index contributed by atoms with van der Waals surface area (Å²) in [5.74, 6) is 0.959. The Morgan fingerprint density at radius 2 is 2.16 bits per heavy atom. The van der Waals surface area contributed by atoms with Crippen LogP contribution >= 0.6 is 11.3 Å². The molecule has 1 aliphatic rings. The summed E-state index contributed by atoms with van der Waals surface area (Å²) in [5, 5.41) is 6.88. The number of piperidine rings is 1. The van der Waals surface area contributed by atoms with Crippen LogP contribution in [0.2, 0.25) is 0 Å². The Kier molecular flexibility index (Phi) is 6.28. The van der Waals surface area contributed by atoms with E-state index < -0.39 is 0 Å². The second kappa shape index (κ2) is 7.98. The molecule has 2 heterocycles. The first kappa shape index (κ1) is 14.9. The molecule has 1 saturated heterocycles. The maximum atomic E-state index is 4.73. The van der Waals surface area contributed by atoms with Crippen molar-refractivity contribution >= 4 is 11.3 Å². The van der Waals surface area contributed by atoms with Crippen molar-refractivity contribution in [1.82, 2.24) is 15.2 Å². The van der Waals surface area contributed by atoms with Crippen LogP contribution in [0.15, 0.2) is 5.38 Å². The number of nitrogens with one attached hydrogen (secondary N) is 1. The minimum Gasteiger partial charge on any atom is -0.310 e. The average Bonchev–Trinajstić information content (AvgIpc) is 2.88. The van der Waals surface area contributed by atoms with E-state index in [4.69, 9.17) is 4.98 Å². The van der Waals surface area contributed by atoms with Gasteiger partial charge in [-0.05, 0) is 44.8 Å². The summed E-state index contributed by atoms with van der Waals surface area (Å²) < 4.78 is 0. The quantitative estimate of drug-likeness (QED) is 0.778. The molecule has 108 valence electrons. The van der Waals surface area contributed by atoms with Gasteiger partial charge >= 0.3 is 0 Å². The fourth-order valence-electron chi connectivity index (χ4n) is 2.66. The first-order valence-corrected chi connectivity index (χ1v) is 8.56. The van der Waals surface area contributed by atoms with E-state index in [0.29, 0.717) is 0 Å². The van der Waals surface area contributed by atoms with Crippen molar-refractivity contribution in [3.8, 4) is 0 Å². The van der Waals surface area contributed by atoms with Crippen LogP contribution in [0.1, 0.15) is 50.2 Å². The molecule has 0 aliphatic carbocycles. The SMILES string of the molecule is CCCNCc1nc(CN2CCC(CC)CC2)cs1. The van der Waals surface area contributed by atoms with E-state index in [0.717, 1.165) is 25.6 Å². The molecule has 3 nitrogen and oxygen atoms in total. The topological polar surface area (TPSA) is 28.2 Å². The van der Waals surface area contributed by atoms with Crippen LogP contribution < -0.4 is 5.32 Å². The zero-order valence-corrected chi connectivity index (χ0v) is 13.1. The first-order chi connectivity index (χ1) is 9.31. The van der Waals surface area contributed by atoms with Gasteiger partial charge in [0.05, 0.1) is 5.69 Å². The monoisotopic (exact) mass is 281 g/mol. The highest BCUT2D eigenvalue weighted by molar-refractivity contribution is 7.09. The largest absolute Gasteiger partial charge is 0.310 e. The van der Waals surface area contributed by atoms with Crippen molar-refractivity contribution in [2.45, 2.75) is 52.6 Å². The molecule has 0 radical (unpaired) electrons. The predicted molar refractivity (Wildman–Crippen MR) is 82.4 cm³/mol. The molecule has 0 aromatic carbocycles. The van der Waals surface area contributed by atoms with Crippen LogP contribution in [-0.2, 0) is 13.1 Å². The molecule has 0 saturated carbocycles. The van der Waals surface area contributed by atoms with Crippen LogP contribution in [0.3, 0.4) is 0 Å². The lowest BCUT2D eigenvalue weighted by Crippen LogP contribution is -2.33. The van der Waals surface area contributed by atoms with Gasteiger partial charge in [0.25, 0.3) is 0 Å². The van der Waals surface area contributed by atoms with Gasteiger partial charge in [-0.15, -0.1) is 11.3 Å². The third-order valence-electron chi connectivity index (χ3n) is 3.97. The molecule has 1 fully saturated rings. The van der Waals surface area contributed by atoms with Crippen LogP contribution in [0.5, 0.6) is 0 Å². The van der Waals surface area contributed by atoms with Gasteiger partial charge < -0.3 is 5.32 Å². The summed E-state index contributed by atoms with van der Waals surface area (Å²) in [4.78, 5) is 7.29. The zero-order valence-electron chi connectivity index (χ0n) is 12.3. The second-order valence-corrected chi connectivity index (χ2v) is 6.48. The molecule has 0 amide bonds. The molecular weight excluding hydrogens is 254 g/mol. The number of thiazole rings is 1. The van der Waals surface area contributed by atoms with E-state index in [2.05, 4.69) is 29.4 Å². The van der Waals surface area contributed by atoms with Crippen LogP contribution in [-0.4, -0.2) is 29.5 Å². The van der Waals surface area contributed by atoms with Crippen LogP contribution in [0.25, 0.3) is 0 Å². The minimum atomic E-state index is 0.927. The van der Waals surface area contributed by atoms with Gasteiger partial charge in [-0.25, -0.2) is 4.98 Å². The van der Waals surface area contributed by atoms with Crippen LogP contribution in [0, 0.1) is 5.92 Å². The minimum absolute atomic E-state index is 0.927. The third-order valence-corrected chi connectivity index (χ3v) is 4.87. The normalized spacial score (nSPS) is 18.0. The van der Waals surface area contributed by atoms with Gasteiger partial charge in [0.15, 0.2) is 0 Å². The molecule has 0 bridgehead atoms. The van der Waals surface area contributed by atoms with Gasteiger partial charge in [-0.2, -0.15) is 0 Å². The molecule has 1 aromatic rings. The molecular formula is C15H27N3S. The molecule has 1 aromatic heterocycles. The molecule has 0 unspecified atom stereocenters. The summed E-state index contributed by atoms with van der Waals surface area (Å²) in [6.45, 7) is 10.1. The van der Waals surface area contributed by atoms with Gasteiger partial charge in [0.2, 0.25) is 0 Å². The van der Waals surface area contributed by atoms with Gasteiger partial charge in [0, 0.05) is 18.5 Å². The molecule has 1 N–H and O–H groups in total. The number of rotatable bonds is 7. The van der Waals surface area contributed by atoms with Crippen molar-refractivity contribution in [3.63, 3.8) is 0 Å². The molecule has 19 heavy (non-hydrogen) atoms. The fraction of sp³-hybridized carbons (Fsp3) is 0.800. The lowest BCUT2D eigenvalue weighted by molar-refractivity contribution is 0.173. The van der Waals surface area contributed by atoms with Crippen LogP contribution in [0.4, 0.5) is 0 Å². The summed E-state index contributed by atoms with van der Waals surface area (Å²) in [7, 11) is 0. The predicted octanol–water partition coefficient (Wildman–Crippen LogP) is 3.26. The Labute approximate surface area is 121 Å². The number of aromatic nitrogens is 1. The van der Waals surface area contributed by atoms with E-state index >= 15 is 0 Å². The van der Waals surface area contributed by atoms with E-state index in [1.165, 1.54) is 49.5 Å². The lowest BCUT2D eigenvalue weighted by Gasteiger charge is -2.30. The van der Waals surface area contributed by atoms with Crippen molar-refractivity contribution in [2.24, 2.45) is 5.92 Å². The van der Waals surface area contributed by atoms with E-state index in [9.17, 15) is 0 Å². The second-order valence-electron chi connectivity index (χ2n) is 5.54. The van der Waals surface area contributed by atoms with Crippen molar-refractivity contribution in [1.29, 1.82) is 0 Å². The van der Waals surface area contributed by atoms with E-state index in [1.807, 2.05) is 0 Å². The Hall–Kier alpha value is -0.450. The number of hydrogen-bond donors (Lipinski definition) is 1. The lowest BCUT2D eigenvalue weighted by atomic mass is 9.94. The highest BCUT2D eigenvalue weighted by atomic mass is 32.1. The summed E-state index contributed by atoms with van der Waals surface area (Å²) >= 11 is 1.79. The third kappa shape index (κ3) is 4.86. The zero-order chi connectivity index (χ0) is 13.5. The molecule has 4 heteroatoms. The Bertz CT molecular complexity index is 356. The van der Waals surface area contributed by atoms with Crippen molar-refractivity contribution in [3.05, 3.63) is 16.1 Å². The smallest absolute Gasteiger partial charge is 0.107 e. The highest BCUT2D eigenvalue weighted by Gasteiger charge is 2.18. The van der Waals surface area contributed by atoms with Gasteiger partial charge in [0.1, 0.15) is 5.01 Å².